The molecule has 110 valence electrons. The molecule has 2 aromatic rings. The number of esters is 1. The molecule has 2 rings (SSSR count). The fourth-order valence-electron chi connectivity index (χ4n) is 2.07. The summed E-state index contributed by atoms with van der Waals surface area (Å²) < 4.78 is 18.5. The Morgan fingerprint density at radius 3 is 2.24 bits per heavy atom. The van der Waals surface area contributed by atoms with Crippen LogP contribution in [0.2, 0.25) is 0 Å². The van der Waals surface area contributed by atoms with Crippen molar-refractivity contribution in [2.45, 2.75) is 19.1 Å². The summed E-state index contributed by atoms with van der Waals surface area (Å²) >= 11 is 0. The Balaban J connectivity index is 2.13. The van der Waals surface area contributed by atoms with Crippen LogP contribution in [-0.4, -0.2) is 18.7 Å². The molecule has 1 unspecified atom stereocenters. The third-order valence-corrected chi connectivity index (χ3v) is 3.23. The van der Waals surface area contributed by atoms with E-state index in [9.17, 15) is 9.18 Å². The van der Waals surface area contributed by atoms with Crippen molar-refractivity contribution in [2.75, 3.05) is 6.61 Å². The van der Waals surface area contributed by atoms with Crippen molar-refractivity contribution < 1.29 is 13.9 Å². The minimum Gasteiger partial charge on any atom is -0.464 e. The third-order valence-electron chi connectivity index (χ3n) is 3.23. The molecule has 0 saturated carbocycles. The Labute approximate surface area is 123 Å². The van der Waals surface area contributed by atoms with Crippen LogP contribution < -0.4 is 5.73 Å². The summed E-state index contributed by atoms with van der Waals surface area (Å²) in [6.45, 7) is 1.77. The average Bonchev–Trinajstić information content (AvgIpc) is 2.54. The molecule has 0 aliphatic rings. The summed E-state index contributed by atoms with van der Waals surface area (Å²) in [4.78, 5) is 11.4. The van der Waals surface area contributed by atoms with E-state index >= 15 is 0 Å². The lowest BCUT2D eigenvalue weighted by Gasteiger charge is -2.16. The molecule has 0 aliphatic carbocycles. The molecule has 4 heteroatoms. The van der Waals surface area contributed by atoms with Crippen LogP contribution in [0.3, 0.4) is 0 Å². The topological polar surface area (TPSA) is 52.3 Å². The van der Waals surface area contributed by atoms with Crippen LogP contribution in [0.5, 0.6) is 0 Å². The second kappa shape index (κ2) is 6.99. The smallest absolute Gasteiger partial charge is 0.342 e. The largest absolute Gasteiger partial charge is 0.464 e. The van der Waals surface area contributed by atoms with E-state index in [0.29, 0.717) is 5.56 Å². The van der Waals surface area contributed by atoms with Gasteiger partial charge >= 0.3 is 5.97 Å². The Morgan fingerprint density at radius 1 is 1.10 bits per heavy atom. The number of rotatable bonds is 5. The standard InChI is InChI=1S/C17H18FNO2/c1-2-21-17(20)15(18)16(19)14-10-8-13(9-11-14)12-6-4-3-5-7-12/h3-11,15-16H,2,19H2,1H3/t15?,16-/m1/s1. The Hall–Kier alpha value is -2.20. The summed E-state index contributed by atoms with van der Waals surface area (Å²) in [6, 6.07) is 16.0. The first-order valence-electron chi connectivity index (χ1n) is 6.85. The lowest BCUT2D eigenvalue weighted by molar-refractivity contribution is -0.149. The van der Waals surface area contributed by atoms with Gasteiger partial charge in [0.1, 0.15) is 0 Å². The van der Waals surface area contributed by atoms with Gasteiger partial charge in [-0.3, -0.25) is 0 Å². The molecule has 2 aromatic carbocycles. The molecule has 0 radical (unpaired) electrons. The Kier molecular flexibility index (Phi) is 5.06. The van der Waals surface area contributed by atoms with Gasteiger partial charge in [-0.2, -0.15) is 0 Å². The van der Waals surface area contributed by atoms with Crippen LogP contribution in [0.1, 0.15) is 18.5 Å². The number of nitrogens with two attached hydrogens (primary N) is 1. The first-order chi connectivity index (χ1) is 10.1. The van der Waals surface area contributed by atoms with E-state index < -0.39 is 18.2 Å². The van der Waals surface area contributed by atoms with Crippen LogP contribution in [0, 0.1) is 0 Å². The summed E-state index contributed by atoms with van der Waals surface area (Å²) in [5.41, 5.74) is 8.43. The fraction of sp³-hybridized carbons (Fsp3) is 0.235. The van der Waals surface area contributed by atoms with Gasteiger partial charge in [0, 0.05) is 0 Å². The SMILES string of the molecule is CCOC(=O)C(F)[C@H](N)c1ccc(-c2ccccc2)cc1. The maximum absolute atomic E-state index is 13.9. The number of hydrogen-bond donors (Lipinski definition) is 1. The second-order valence-corrected chi connectivity index (χ2v) is 4.67. The maximum atomic E-state index is 13.9. The van der Waals surface area contributed by atoms with Crippen molar-refractivity contribution in [1.29, 1.82) is 0 Å². The zero-order valence-corrected chi connectivity index (χ0v) is 11.8. The number of halogens is 1. The normalized spacial score (nSPS) is 13.5. The van der Waals surface area contributed by atoms with Crippen LogP contribution in [0.15, 0.2) is 54.6 Å². The summed E-state index contributed by atoms with van der Waals surface area (Å²) in [7, 11) is 0. The van der Waals surface area contributed by atoms with Gasteiger partial charge in [-0.05, 0) is 23.6 Å². The molecule has 0 aromatic heterocycles. The highest BCUT2D eigenvalue weighted by Crippen LogP contribution is 2.23. The average molecular weight is 287 g/mol. The van der Waals surface area contributed by atoms with Crippen molar-refractivity contribution in [1.82, 2.24) is 0 Å². The van der Waals surface area contributed by atoms with Crippen molar-refractivity contribution in [2.24, 2.45) is 5.73 Å². The molecule has 0 saturated heterocycles. The van der Waals surface area contributed by atoms with E-state index in [-0.39, 0.29) is 6.61 Å². The summed E-state index contributed by atoms with van der Waals surface area (Å²) in [6.07, 6.45) is -1.85. The predicted octanol–water partition coefficient (Wildman–Crippen LogP) is 3.25. The molecule has 2 N–H and O–H groups in total. The van der Waals surface area contributed by atoms with Crippen LogP contribution in [0.25, 0.3) is 11.1 Å². The highest BCUT2D eigenvalue weighted by molar-refractivity contribution is 5.76. The molecule has 0 bridgehead atoms. The van der Waals surface area contributed by atoms with Gasteiger partial charge in [0.15, 0.2) is 0 Å². The van der Waals surface area contributed by atoms with E-state index in [1.807, 2.05) is 42.5 Å². The van der Waals surface area contributed by atoms with E-state index in [2.05, 4.69) is 4.74 Å². The first-order valence-corrected chi connectivity index (χ1v) is 6.85. The number of ether oxygens (including phenoxy) is 1. The monoisotopic (exact) mass is 287 g/mol. The fourth-order valence-corrected chi connectivity index (χ4v) is 2.07. The van der Waals surface area contributed by atoms with Crippen LogP contribution in [0.4, 0.5) is 4.39 Å². The molecule has 3 nitrogen and oxygen atoms in total. The maximum Gasteiger partial charge on any atom is 0.342 e. The van der Waals surface area contributed by atoms with E-state index in [4.69, 9.17) is 5.73 Å². The van der Waals surface area contributed by atoms with Crippen LogP contribution in [-0.2, 0) is 9.53 Å². The van der Waals surface area contributed by atoms with Crippen molar-refractivity contribution in [3.05, 3.63) is 60.2 Å². The van der Waals surface area contributed by atoms with Crippen molar-refractivity contribution >= 4 is 5.97 Å². The lowest BCUT2D eigenvalue weighted by Crippen LogP contribution is -2.31. The summed E-state index contributed by atoms with van der Waals surface area (Å²) in [5.74, 6) is -0.919. The van der Waals surface area contributed by atoms with E-state index in [0.717, 1.165) is 11.1 Å². The van der Waals surface area contributed by atoms with Gasteiger partial charge in [0.05, 0.1) is 12.6 Å². The molecule has 0 spiro atoms. The molecule has 0 amide bonds. The molecule has 0 heterocycles. The Bertz CT molecular complexity index is 583. The van der Waals surface area contributed by atoms with E-state index in [1.54, 1.807) is 19.1 Å². The zero-order chi connectivity index (χ0) is 15.2. The highest BCUT2D eigenvalue weighted by atomic mass is 19.1. The van der Waals surface area contributed by atoms with Crippen LogP contribution >= 0.6 is 0 Å². The lowest BCUT2D eigenvalue weighted by atomic mass is 9.99. The minimum atomic E-state index is -1.85. The highest BCUT2D eigenvalue weighted by Gasteiger charge is 2.27. The number of carbonyl (C=O) groups is 1. The number of carbonyl (C=O) groups excluding carboxylic acids is 1. The molecule has 21 heavy (non-hydrogen) atoms. The van der Waals surface area contributed by atoms with E-state index in [1.165, 1.54) is 0 Å². The first kappa shape index (κ1) is 15.2. The molecule has 0 aliphatic heterocycles. The third kappa shape index (κ3) is 3.67. The van der Waals surface area contributed by atoms with Gasteiger partial charge < -0.3 is 10.5 Å². The van der Waals surface area contributed by atoms with Gasteiger partial charge in [-0.1, -0.05) is 54.6 Å². The molecular formula is C17H18FNO2. The van der Waals surface area contributed by atoms with Gasteiger partial charge in [0.25, 0.3) is 0 Å². The van der Waals surface area contributed by atoms with Gasteiger partial charge in [-0.25, -0.2) is 9.18 Å². The number of hydrogen-bond acceptors (Lipinski definition) is 3. The van der Waals surface area contributed by atoms with Gasteiger partial charge in [0.2, 0.25) is 6.17 Å². The zero-order valence-electron chi connectivity index (χ0n) is 11.8. The molecular weight excluding hydrogens is 269 g/mol. The van der Waals surface area contributed by atoms with Crippen molar-refractivity contribution in [3.63, 3.8) is 0 Å². The Morgan fingerprint density at radius 2 is 1.67 bits per heavy atom. The summed E-state index contributed by atoms with van der Waals surface area (Å²) in [5, 5.41) is 0. The predicted molar refractivity (Wildman–Crippen MR) is 80.3 cm³/mol. The number of benzene rings is 2. The molecule has 2 atom stereocenters. The van der Waals surface area contributed by atoms with Gasteiger partial charge in [-0.15, -0.1) is 0 Å². The quantitative estimate of drug-likeness (QED) is 0.859. The molecule has 0 fully saturated rings. The second-order valence-electron chi connectivity index (χ2n) is 4.67. The number of alkyl halides is 1. The minimum absolute atomic E-state index is 0.138. The van der Waals surface area contributed by atoms with Crippen molar-refractivity contribution in [3.8, 4) is 11.1 Å².